The summed E-state index contributed by atoms with van der Waals surface area (Å²) in [7, 11) is 0. The average molecular weight is 902 g/mol. The first kappa shape index (κ1) is 44.2. The Kier molecular flexibility index (Phi) is 16.3. The topological polar surface area (TPSA) is 293 Å². The molecule has 1 amide bonds. The second-order valence-electron chi connectivity index (χ2n) is 14.3. The molecule has 0 radical (unpaired) electrons. The van der Waals surface area contributed by atoms with Gasteiger partial charge in [0, 0.05) is 10.5 Å². The Bertz CT molecular complexity index is 1370. The lowest BCUT2D eigenvalue weighted by Crippen LogP contribution is -2.70. The Hall–Kier alpha value is -1.87. The second kappa shape index (κ2) is 20.2. The molecule has 1 aromatic carbocycles. The summed E-state index contributed by atoms with van der Waals surface area (Å²) < 4.78 is 42.6. The van der Waals surface area contributed by atoms with Crippen LogP contribution >= 0.6 is 22.6 Å². The molecule has 5 rings (SSSR count). The van der Waals surface area contributed by atoms with Gasteiger partial charge in [0.15, 0.2) is 18.7 Å². The summed E-state index contributed by atoms with van der Waals surface area (Å²) in [6.45, 7) is -1.29. The van der Waals surface area contributed by atoms with Gasteiger partial charge in [-0.25, -0.2) is 4.79 Å². The Balaban J connectivity index is 1.48. The lowest BCUT2D eigenvalue weighted by molar-refractivity contribution is -0.365. The number of halogens is 1. The van der Waals surface area contributed by atoms with Crippen LogP contribution in [0.25, 0.3) is 0 Å². The van der Waals surface area contributed by atoms with Gasteiger partial charge in [0.25, 0.3) is 0 Å². The molecule has 19 nitrogen and oxygen atoms in total. The molecule has 3 saturated heterocycles. The maximum Gasteiger partial charge on any atom is 0.332 e. The third kappa shape index (κ3) is 10.8. The fourth-order valence-electron chi connectivity index (χ4n) is 7.46. The smallest absolute Gasteiger partial charge is 0.332 e. The number of rotatable bonds is 15. The van der Waals surface area contributed by atoms with Crippen molar-refractivity contribution >= 4 is 34.5 Å². The van der Waals surface area contributed by atoms with Gasteiger partial charge in [0.05, 0.1) is 19.8 Å². The number of hydrogen-bond donors (Lipinski definition) is 10. The molecule has 0 bridgehead atoms. The lowest BCUT2D eigenvalue weighted by atomic mass is 9.85. The number of nitrogens with one attached hydrogen (secondary N) is 1. The van der Waals surface area contributed by atoms with Crippen LogP contribution < -0.4 is 10.1 Å². The standard InChI is InChI=1S/C35H52INO18/c1-15(41)37-23-30(55-34-27(45)26(44)24(42)20(12-38)52-34)25(43)21(13-39)51-33(23)54-29-22(14-40)53-35(49-18-9-7-17(36)8-10-18)28(46)31(29)50-19(32(47)48)11-16-5-3-2-4-6-16/h7-10,16,19-31,33-35,38-40,42-46H,2-6,11-14H2,1H3,(H,37,41)(H,47,48)/t19-,20?,21?,22?,23?,24-,25-,26?,27?,28?,29-,30?,31?,33-,34-,35+/m0/s1. The van der Waals surface area contributed by atoms with Crippen LogP contribution in [0, 0.1) is 9.49 Å². The SMILES string of the molecule is CC(=O)NC1C(O[C@@H]2OC(CO)[C@H](O)C(O)C2O)[C@@H](O)C(CO)O[C@H]1O[C@H]1C(CO)O[C@@H](Oc2ccc(I)cc2)C(O)C1O[C@@H](CC1CCCCC1)C(=O)O. The first-order valence-electron chi connectivity index (χ1n) is 18.3. The number of amides is 1. The van der Waals surface area contributed by atoms with E-state index < -0.39 is 130 Å². The molecule has 1 aromatic rings. The van der Waals surface area contributed by atoms with Crippen LogP contribution in [-0.2, 0) is 38.0 Å². The molecule has 20 heteroatoms. The highest BCUT2D eigenvalue weighted by Crippen LogP contribution is 2.36. The van der Waals surface area contributed by atoms with Crippen molar-refractivity contribution in [1.82, 2.24) is 5.32 Å². The highest BCUT2D eigenvalue weighted by molar-refractivity contribution is 14.1. The number of carbonyl (C=O) groups excluding carboxylic acids is 1. The molecule has 3 aliphatic heterocycles. The van der Waals surface area contributed by atoms with Crippen molar-refractivity contribution in [2.75, 3.05) is 19.8 Å². The van der Waals surface area contributed by atoms with Crippen LogP contribution in [0.5, 0.6) is 5.75 Å². The molecule has 9 unspecified atom stereocenters. The first-order valence-corrected chi connectivity index (χ1v) is 19.4. The van der Waals surface area contributed by atoms with E-state index in [1.54, 1.807) is 24.3 Å². The van der Waals surface area contributed by atoms with Crippen LogP contribution in [0.15, 0.2) is 24.3 Å². The quantitative estimate of drug-likeness (QED) is 0.0829. The molecule has 16 atom stereocenters. The van der Waals surface area contributed by atoms with Crippen LogP contribution in [-0.4, -0.2) is 176 Å². The molecule has 1 saturated carbocycles. The van der Waals surface area contributed by atoms with Crippen molar-refractivity contribution < 1.29 is 88.7 Å². The molecule has 0 aromatic heterocycles. The van der Waals surface area contributed by atoms with Crippen molar-refractivity contribution in [3.8, 4) is 5.75 Å². The number of benzene rings is 1. The van der Waals surface area contributed by atoms with E-state index in [4.69, 9.17) is 33.2 Å². The molecule has 55 heavy (non-hydrogen) atoms. The van der Waals surface area contributed by atoms with Crippen LogP contribution in [0.1, 0.15) is 45.4 Å². The normalized spacial score (nSPS) is 39.3. The van der Waals surface area contributed by atoms with Crippen molar-refractivity contribution in [3.05, 3.63) is 27.8 Å². The number of aliphatic hydroxyl groups excluding tert-OH is 8. The van der Waals surface area contributed by atoms with Gasteiger partial charge >= 0.3 is 5.97 Å². The lowest BCUT2D eigenvalue weighted by Gasteiger charge is -2.50. The summed E-state index contributed by atoms with van der Waals surface area (Å²) in [5.74, 6) is -1.70. The maximum absolute atomic E-state index is 12.7. The van der Waals surface area contributed by atoms with Gasteiger partial charge in [-0.1, -0.05) is 32.1 Å². The van der Waals surface area contributed by atoms with Gasteiger partial charge in [-0.3, -0.25) is 4.79 Å². The van der Waals surface area contributed by atoms with Crippen LogP contribution in [0.2, 0.25) is 0 Å². The van der Waals surface area contributed by atoms with Gasteiger partial charge in [-0.15, -0.1) is 0 Å². The summed E-state index contributed by atoms with van der Waals surface area (Å²) in [5.41, 5.74) is 0. The van der Waals surface area contributed by atoms with E-state index in [-0.39, 0.29) is 18.1 Å². The predicted octanol–water partition coefficient (Wildman–Crippen LogP) is -2.29. The van der Waals surface area contributed by atoms with Gasteiger partial charge in [-0.2, -0.15) is 0 Å². The third-order valence-electron chi connectivity index (χ3n) is 10.4. The van der Waals surface area contributed by atoms with Gasteiger partial charge in [0.2, 0.25) is 12.2 Å². The number of hydrogen-bond acceptors (Lipinski definition) is 17. The summed E-state index contributed by atoms with van der Waals surface area (Å²) in [6.07, 6.45) is -20.0. The molecule has 312 valence electrons. The highest BCUT2D eigenvalue weighted by atomic mass is 127. The van der Waals surface area contributed by atoms with Crippen molar-refractivity contribution in [3.63, 3.8) is 0 Å². The minimum Gasteiger partial charge on any atom is -0.479 e. The zero-order valence-corrected chi connectivity index (χ0v) is 32.2. The molecular formula is C35H52INO18. The summed E-state index contributed by atoms with van der Waals surface area (Å²) in [4.78, 5) is 25.2. The molecule has 10 N–H and O–H groups in total. The van der Waals surface area contributed by atoms with E-state index in [1.807, 2.05) is 0 Å². The number of carboxylic acid groups (broad SMARTS) is 1. The number of aliphatic carboxylic acids is 1. The summed E-state index contributed by atoms with van der Waals surface area (Å²) in [5, 5.41) is 97.8. The number of carboxylic acids is 1. The average Bonchev–Trinajstić information content (AvgIpc) is 3.16. The monoisotopic (exact) mass is 901 g/mol. The number of carbonyl (C=O) groups is 2. The maximum atomic E-state index is 12.7. The second-order valence-corrected chi connectivity index (χ2v) is 15.5. The van der Waals surface area contributed by atoms with Gasteiger partial charge < -0.3 is 84.4 Å². The number of aliphatic hydroxyl groups is 8. The van der Waals surface area contributed by atoms with Gasteiger partial charge in [-0.05, 0) is 59.2 Å². The van der Waals surface area contributed by atoms with Crippen molar-refractivity contribution in [2.24, 2.45) is 5.92 Å². The van der Waals surface area contributed by atoms with E-state index in [2.05, 4.69) is 27.9 Å². The van der Waals surface area contributed by atoms with Crippen LogP contribution in [0.3, 0.4) is 0 Å². The zero-order chi connectivity index (χ0) is 40.0. The fraction of sp³-hybridized carbons (Fsp3) is 0.771. The molecule has 1 aliphatic carbocycles. The summed E-state index contributed by atoms with van der Waals surface area (Å²) in [6, 6.07) is 5.21. The van der Waals surface area contributed by atoms with E-state index in [9.17, 15) is 55.5 Å². The minimum absolute atomic E-state index is 0.0247. The van der Waals surface area contributed by atoms with E-state index in [0.29, 0.717) is 0 Å². The molecule has 4 aliphatic rings. The van der Waals surface area contributed by atoms with E-state index >= 15 is 0 Å². The van der Waals surface area contributed by atoms with Crippen molar-refractivity contribution in [2.45, 2.75) is 144 Å². The Morgan fingerprint density at radius 2 is 1.33 bits per heavy atom. The highest BCUT2D eigenvalue weighted by Gasteiger charge is 2.55. The predicted molar refractivity (Wildman–Crippen MR) is 192 cm³/mol. The van der Waals surface area contributed by atoms with E-state index in [0.717, 1.165) is 42.6 Å². The molecule has 4 fully saturated rings. The van der Waals surface area contributed by atoms with Crippen LogP contribution in [0.4, 0.5) is 0 Å². The zero-order valence-electron chi connectivity index (χ0n) is 30.1. The van der Waals surface area contributed by atoms with E-state index in [1.165, 1.54) is 0 Å². The fourth-order valence-corrected chi connectivity index (χ4v) is 7.82. The molecule has 3 heterocycles. The van der Waals surface area contributed by atoms with Gasteiger partial charge in [0.1, 0.15) is 78.9 Å². The molecule has 0 spiro atoms. The third-order valence-corrected chi connectivity index (χ3v) is 11.1. The Morgan fingerprint density at radius 3 is 1.93 bits per heavy atom. The first-order chi connectivity index (χ1) is 26.3. The minimum atomic E-state index is -1.92. The largest absolute Gasteiger partial charge is 0.479 e. The Morgan fingerprint density at radius 1 is 0.745 bits per heavy atom. The molecular weight excluding hydrogens is 849 g/mol. The number of ether oxygens (including phenoxy) is 7. The Labute approximate surface area is 330 Å². The van der Waals surface area contributed by atoms with Crippen molar-refractivity contribution in [1.29, 1.82) is 0 Å². The summed E-state index contributed by atoms with van der Waals surface area (Å²) >= 11 is 2.10.